The molecule has 1 fully saturated rings. The second-order valence-electron chi connectivity index (χ2n) is 8.93. The molecule has 5 rings (SSSR count). The highest BCUT2D eigenvalue weighted by Gasteiger charge is 2.26. The van der Waals surface area contributed by atoms with Gasteiger partial charge in [-0.25, -0.2) is 15.0 Å². The average molecular weight is 402 g/mol. The van der Waals surface area contributed by atoms with E-state index in [-0.39, 0.29) is 6.61 Å². The molecule has 0 unspecified atom stereocenters. The van der Waals surface area contributed by atoms with E-state index < -0.39 is 5.60 Å². The topological polar surface area (TPSA) is 72.5 Å². The highest BCUT2D eigenvalue weighted by Crippen LogP contribution is 2.39. The number of rotatable bonds is 5. The van der Waals surface area contributed by atoms with Crippen molar-refractivity contribution >= 4 is 16.7 Å². The van der Waals surface area contributed by atoms with Gasteiger partial charge in [0.25, 0.3) is 0 Å². The second kappa shape index (κ2) is 6.77. The van der Waals surface area contributed by atoms with E-state index in [1.807, 2.05) is 31.3 Å². The Kier molecular flexibility index (Phi) is 4.29. The van der Waals surface area contributed by atoms with Gasteiger partial charge in [0.05, 0.1) is 23.0 Å². The molecule has 0 bridgehead atoms. The molecule has 3 heterocycles. The maximum Gasteiger partial charge on any atom is 0.165 e. The Morgan fingerprint density at radius 1 is 1.13 bits per heavy atom. The molecular formula is C24H26N4O2. The third-order valence-electron chi connectivity index (χ3n) is 5.55. The van der Waals surface area contributed by atoms with Crippen LogP contribution in [0.2, 0.25) is 0 Å². The molecule has 1 saturated carbocycles. The first-order chi connectivity index (χ1) is 14.3. The van der Waals surface area contributed by atoms with Crippen LogP contribution in [0, 0.1) is 13.8 Å². The Balaban J connectivity index is 1.69. The zero-order valence-electron chi connectivity index (χ0n) is 17.8. The molecule has 3 aromatic heterocycles. The Hall–Kier alpha value is -2.99. The third-order valence-corrected chi connectivity index (χ3v) is 5.55. The number of aliphatic hydroxyl groups is 1. The van der Waals surface area contributed by atoms with Gasteiger partial charge in [-0.3, -0.25) is 4.40 Å². The zero-order valence-corrected chi connectivity index (χ0v) is 17.8. The first kappa shape index (κ1) is 19.0. The Bertz CT molecular complexity index is 1270. The molecule has 1 N–H and O–H groups in total. The number of imidazole rings is 1. The van der Waals surface area contributed by atoms with E-state index in [2.05, 4.69) is 23.5 Å². The van der Waals surface area contributed by atoms with E-state index in [9.17, 15) is 5.11 Å². The van der Waals surface area contributed by atoms with Crippen LogP contribution >= 0.6 is 0 Å². The van der Waals surface area contributed by atoms with Crippen LogP contribution in [0.3, 0.4) is 0 Å². The van der Waals surface area contributed by atoms with Gasteiger partial charge in [0, 0.05) is 17.2 Å². The van der Waals surface area contributed by atoms with E-state index >= 15 is 0 Å². The van der Waals surface area contributed by atoms with Crippen LogP contribution in [0.5, 0.6) is 5.75 Å². The lowest BCUT2D eigenvalue weighted by Crippen LogP contribution is -2.27. The smallest absolute Gasteiger partial charge is 0.165 e. The highest BCUT2D eigenvalue weighted by atomic mass is 16.5. The number of ether oxygens (including phenoxy) is 1. The van der Waals surface area contributed by atoms with Gasteiger partial charge in [-0.1, -0.05) is 6.07 Å². The maximum atomic E-state index is 10.00. The third kappa shape index (κ3) is 3.41. The lowest BCUT2D eigenvalue weighted by atomic mass is 10.1. The Labute approximate surface area is 175 Å². The average Bonchev–Trinajstić information content (AvgIpc) is 3.45. The summed E-state index contributed by atoms with van der Waals surface area (Å²) < 4.78 is 7.95. The molecule has 0 spiro atoms. The molecule has 0 radical (unpaired) electrons. The predicted molar refractivity (Wildman–Crippen MR) is 117 cm³/mol. The largest absolute Gasteiger partial charge is 0.491 e. The van der Waals surface area contributed by atoms with Crippen molar-refractivity contribution in [3.63, 3.8) is 0 Å². The molecule has 4 aromatic rings. The summed E-state index contributed by atoms with van der Waals surface area (Å²) in [5, 5.41) is 10.00. The molecule has 6 nitrogen and oxygen atoms in total. The van der Waals surface area contributed by atoms with E-state index in [0.717, 1.165) is 45.0 Å². The second-order valence-corrected chi connectivity index (χ2v) is 8.93. The van der Waals surface area contributed by atoms with Crippen LogP contribution in [-0.2, 0) is 0 Å². The Morgan fingerprint density at radius 3 is 2.67 bits per heavy atom. The summed E-state index contributed by atoms with van der Waals surface area (Å²) in [7, 11) is 0. The number of benzene rings is 1. The van der Waals surface area contributed by atoms with Crippen molar-refractivity contribution in [2.45, 2.75) is 52.1 Å². The fourth-order valence-corrected chi connectivity index (χ4v) is 3.76. The molecule has 1 aromatic carbocycles. The molecule has 1 aliphatic rings. The molecule has 0 atom stereocenters. The number of fused-ring (bicyclic) bond motifs is 3. The van der Waals surface area contributed by atoms with Gasteiger partial charge >= 0.3 is 0 Å². The van der Waals surface area contributed by atoms with Gasteiger partial charge < -0.3 is 9.84 Å². The standard InChI is InChI=1S/C24H26N4O2/c1-14-5-8-17(30-13-24(3,4)29)11-18(14)22-25-12-21-15(2)26-20-10-9-19(16-6-7-16)27-23(20)28(21)22/h5,8-12,16,29H,6-7,13H2,1-4H3. The van der Waals surface area contributed by atoms with Gasteiger partial charge in [-0.2, -0.15) is 0 Å². The van der Waals surface area contributed by atoms with Crippen LogP contribution in [0.1, 0.15) is 49.6 Å². The molecule has 0 amide bonds. The predicted octanol–water partition coefficient (Wildman–Crippen LogP) is 4.59. The molecule has 30 heavy (non-hydrogen) atoms. The lowest BCUT2D eigenvalue weighted by molar-refractivity contribution is 0.0285. The fraction of sp³-hybridized carbons (Fsp3) is 0.375. The van der Waals surface area contributed by atoms with Crippen molar-refractivity contribution in [3.8, 4) is 17.1 Å². The van der Waals surface area contributed by atoms with Crippen molar-refractivity contribution in [1.29, 1.82) is 0 Å². The monoisotopic (exact) mass is 402 g/mol. The molecule has 0 saturated heterocycles. The van der Waals surface area contributed by atoms with E-state index in [0.29, 0.717) is 11.7 Å². The number of hydrogen-bond acceptors (Lipinski definition) is 5. The van der Waals surface area contributed by atoms with E-state index in [1.54, 1.807) is 13.8 Å². The summed E-state index contributed by atoms with van der Waals surface area (Å²) in [6, 6.07) is 10.1. The van der Waals surface area contributed by atoms with Crippen LogP contribution in [-0.4, -0.2) is 36.7 Å². The van der Waals surface area contributed by atoms with Crippen molar-refractivity contribution < 1.29 is 9.84 Å². The zero-order chi connectivity index (χ0) is 21.0. The minimum atomic E-state index is -0.896. The van der Waals surface area contributed by atoms with Gasteiger partial charge in [0.1, 0.15) is 23.7 Å². The van der Waals surface area contributed by atoms with Crippen molar-refractivity contribution in [2.24, 2.45) is 0 Å². The summed E-state index contributed by atoms with van der Waals surface area (Å²) in [5.41, 5.74) is 5.91. The highest BCUT2D eigenvalue weighted by molar-refractivity contribution is 5.80. The van der Waals surface area contributed by atoms with Gasteiger partial charge in [-0.15, -0.1) is 0 Å². The van der Waals surface area contributed by atoms with Gasteiger partial charge in [0.2, 0.25) is 0 Å². The number of aromatic nitrogens is 4. The molecular weight excluding hydrogens is 376 g/mol. The lowest BCUT2D eigenvalue weighted by Gasteiger charge is -2.18. The number of pyridine rings is 1. The molecule has 6 heteroatoms. The summed E-state index contributed by atoms with van der Waals surface area (Å²) >= 11 is 0. The summed E-state index contributed by atoms with van der Waals surface area (Å²) in [4.78, 5) is 14.5. The first-order valence-electron chi connectivity index (χ1n) is 10.4. The van der Waals surface area contributed by atoms with Crippen molar-refractivity contribution in [1.82, 2.24) is 19.4 Å². The minimum Gasteiger partial charge on any atom is -0.491 e. The van der Waals surface area contributed by atoms with Crippen LogP contribution in [0.25, 0.3) is 28.1 Å². The van der Waals surface area contributed by atoms with E-state index in [4.69, 9.17) is 19.7 Å². The van der Waals surface area contributed by atoms with Crippen LogP contribution in [0.4, 0.5) is 0 Å². The fourth-order valence-electron chi connectivity index (χ4n) is 3.76. The molecule has 0 aliphatic heterocycles. The quantitative estimate of drug-likeness (QED) is 0.529. The van der Waals surface area contributed by atoms with Gasteiger partial charge in [-0.05, 0) is 70.4 Å². The molecule has 154 valence electrons. The summed E-state index contributed by atoms with van der Waals surface area (Å²) in [5.74, 6) is 2.10. The van der Waals surface area contributed by atoms with E-state index in [1.165, 1.54) is 12.8 Å². The molecule has 1 aliphatic carbocycles. The minimum absolute atomic E-state index is 0.218. The van der Waals surface area contributed by atoms with Gasteiger partial charge in [0.15, 0.2) is 5.65 Å². The van der Waals surface area contributed by atoms with Crippen molar-refractivity contribution in [2.75, 3.05) is 6.61 Å². The summed E-state index contributed by atoms with van der Waals surface area (Å²) in [6.45, 7) is 7.75. The Morgan fingerprint density at radius 2 is 1.93 bits per heavy atom. The number of hydrogen-bond donors (Lipinski definition) is 1. The van der Waals surface area contributed by atoms with Crippen LogP contribution in [0.15, 0.2) is 36.5 Å². The first-order valence-corrected chi connectivity index (χ1v) is 10.4. The summed E-state index contributed by atoms with van der Waals surface area (Å²) in [6.07, 6.45) is 4.28. The number of aryl methyl sites for hydroxylation is 2. The number of nitrogens with zero attached hydrogens (tertiary/aromatic N) is 4. The maximum absolute atomic E-state index is 10.00. The normalized spacial score (nSPS) is 14.6. The SMILES string of the molecule is Cc1ccc(OCC(C)(C)O)cc1-c1ncc2c(C)nc3ccc(C4CC4)nc3n12. The van der Waals surface area contributed by atoms with Crippen LogP contribution < -0.4 is 4.74 Å². The van der Waals surface area contributed by atoms with Crippen molar-refractivity contribution in [3.05, 3.63) is 53.5 Å².